The molecule has 11 heteroatoms. The molecule has 1 aliphatic heterocycles. The number of benzene rings is 3. The summed E-state index contributed by atoms with van der Waals surface area (Å²) in [5.74, 6) is 0.279. The minimum Gasteiger partial charge on any atom is -0.493 e. The predicted octanol–water partition coefficient (Wildman–Crippen LogP) is 5.64. The van der Waals surface area contributed by atoms with E-state index >= 15 is 0 Å². The Kier molecular flexibility index (Phi) is 9.72. The minimum absolute atomic E-state index is 0.258. The summed E-state index contributed by atoms with van der Waals surface area (Å²) in [6, 6.07) is 16.9. The van der Waals surface area contributed by atoms with Crippen molar-refractivity contribution in [3.8, 4) is 5.75 Å². The second-order valence-corrected chi connectivity index (χ2v) is 11.8. The van der Waals surface area contributed by atoms with E-state index in [1.165, 1.54) is 0 Å². The highest BCUT2D eigenvalue weighted by atomic mass is 32.2. The molecule has 220 valence electrons. The van der Waals surface area contributed by atoms with Gasteiger partial charge in [0.05, 0.1) is 29.1 Å². The van der Waals surface area contributed by atoms with Crippen LogP contribution in [0.4, 0.5) is 13.2 Å². The number of fused-ring (bicyclic) bond motifs is 1. The smallest absolute Gasteiger partial charge is 0.416 e. The average molecular weight is 590 g/mol. The molecule has 1 aliphatic rings. The second-order valence-electron chi connectivity index (χ2n) is 10.1. The molecule has 1 amide bonds. The van der Waals surface area contributed by atoms with Crippen LogP contribution in [0.2, 0.25) is 0 Å². The molecule has 41 heavy (non-hydrogen) atoms. The van der Waals surface area contributed by atoms with Crippen molar-refractivity contribution in [3.05, 3.63) is 95.1 Å². The zero-order valence-electron chi connectivity index (χ0n) is 22.9. The van der Waals surface area contributed by atoms with Crippen molar-refractivity contribution in [2.24, 2.45) is 0 Å². The van der Waals surface area contributed by atoms with Crippen LogP contribution in [0.3, 0.4) is 0 Å². The van der Waals surface area contributed by atoms with Crippen LogP contribution in [0.25, 0.3) is 0 Å². The van der Waals surface area contributed by atoms with Gasteiger partial charge in [-0.25, -0.2) is 13.1 Å². The van der Waals surface area contributed by atoms with Crippen LogP contribution in [-0.4, -0.2) is 27.0 Å². The molecular formula is C30H34F3N3O4S. The Balaban J connectivity index is 1.50. The Labute approximate surface area is 238 Å². The lowest BCUT2D eigenvalue weighted by Crippen LogP contribution is -2.36. The number of rotatable bonds is 11. The normalized spacial score (nSPS) is 16.8. The molecule has 0 saturated carbocycles. The highest BCUT2D eigenvalue weighted by Crippen LogP contribution is 2.34. The van der Waals surface area contributed by atoms with E-state index in [0.29, 0.717) is 43.0 Å². The van der Waals surface area contributed by atoms with E-state index in [1.807, 2.05) is 18.2 Å². The van der Waals surface area contributed by atoms with Crippen molar-refractivity contribution in [2.75, 3.05) is 6.61 Å². The fourth-order valence-corrected chi connectivity index (χ4v) is 5.85. The van der Waals surface area contributed by atoms with Crippen LogP contribution in [0.1, 0.15) is 67.4 Å². The van der Waals surface area contributed by atoms with E-state index in [2.05, 4.69) is 29.2 Å². The number of carbonyl (C=O) groups is 1. The third kappa shape index (κ3) is 8.08. The van der Waals surface area contributed by atoms with Crippen LogP contribution < -0.4 is 20.1 Å². The molecule has 7 nitrogen and oxygen atoms in total. The van der Waals surface area contributed by atoms with Crippen LogP contribution in [-0.2, 0) is 27.5 Å². The van der Waals surface area contributed by atoms with Gasteiger partial charge < -0.3 is 15.4 Å². The summed E-state index contributed by atoms with van der Waals surface area (Å²) in [4.78, 5) is 12.7. The van der Waals surface area contributed by atoms with E-state index in [0.717, 1.165) is 35.7 Å². The molecule has 2 unspecified atom stereocenters. The highest BCUT2D eigenvalue weighted by Gasteiger charge is 2.33. The summed E-state index contributed by atoms with van der Waals surface area (Å²) < 4.78 is 74.2. The van der Waals surface area contributed by atoms with Gasteiger partial charge >= 0.3 is 6.18 Å². The topological polar surface area (TPSA) is 96.5 Å². The maximum absolute atomic E-state index is 13.2. The van der Waals surface area contributed by atoms with E-state index in [-0.39, 0.29) is 12.5 Å². The van der Waals surface area contributed by atoms with Crippen LogP contribution in [0, 0.1) is 0 Å². The molecule has 4 rings (SSSR count). The molecule has 3 aromatic carbocycles. The summed E-state index contributed by atoms with van der Waals surface area (Å²) in [7, 11) is -4.39. The molecule has 0 aliphatic carbocycles. The first kappa shape index (κ1) is 30.5. The maximum atomic E-state index is 13.2. The third-order valence-corrected chi connectivity index (χ3v) is 8.55. The Hall–Kier alpha value is -3.41. The molecule has 1 heterocycles. The van der Waals surface area contributed by atoms with E-state index in [9.17, 15) is 26.4 Å². The Bertz CT molecular complexity index is 1450. The quantitative estimate of drug-likeness (QED) is 0.269. The fourth-order valence-electron chi connectivity index (χ4n) is 4.58. The van der Waals surface area contributed by atoms with Crippen LogP contribution >= 0.6 is 0 Å². The first-order chi connectivity index (χ1) is 19.5. The number of sulfonamides is 1. The predicted molar refractivity (Wildman–Crippen MR) is 150 cm³/mol. The molecule has 0 aromatic heterocycles. The fraction of sp³-hybridized carbons (Fsp3) is 0.367. The zero-order valence-corrected chi connectivity index (χ0v) is 23.7. The Morgan fingerprint density at radius 3 is 2.51 bits per heavy atom. The summed E-state index contributed by atoms with van der Waals surface area (Å²) in [6.45, 7) is 5.32. The monoisotopic (exact) mass is 589 g/mol. The lowest BCUT2D eigenvalue weighted by molar-refractivity contribution is -0.137. The number of halogens is 3. The van der Waals surface area contributed by atoms with Crippen molar-refractivity contribution in [3.63, 3.8) is 0 Å². The van der Waals surface area contributed by atoms with Gasteiger partial charge in [0.2, 0.25) is 15.9 Å². The summed E-state index contributed by atoms with van der Waals surface area (Å²) in [6.07, 6.45) is -3.41. The van der Waals surface area contributed by atoms with E-state index in [1.54, 1.807) is 30.3 Å². The van der Waals surface area contributed by atoms with Gasteiger partial charge in [0.15, 0.2) is 0 Å². The third-order valence-electron chi connectivity index (χ3n) is 7.08. The lowest BCUT2D eigenvalue weighted by Gasteiger charge is -2.28. The van der Waals surface area contributed by atoms with Crippen molar-refractivity contribution in [1.29, 1.82) is 0 Å². The molecule has 3 atom stereocenters. The maximum Gasteiger partial charge on any atom is 0.416 e. The minimum atomic E-state index is -4.70. The molecule has 0 saturated heterocycles. The van der Waals surface area contributed by atoms with Crippen LogP contribution in [0.5, 0.6) is 5.75 Å². The standard InChI is InChI=1S/C30H34F3N3O4S/c1-3-20(2)34-19-21-12-13-25-26(14-15-40-28(25)16-21)35-29(37)18-27(22-8-5-4-6-9-22)36-41(38,39)24-11-7-10-23(17-24)30(31,32)33/h4-13,16-17,20,26-27,34,36H,3,14-15,18-19H2,1-2H3,(H,35,37)/t20?,26?,27-/m1/s1. The van der Waals surface area contributed by atoms with Crippen LogP contribution in [0.15, 0.2) is 77.7 Å². The number of hydrogen-bond acceptors (Lipinski definition) is 5. The molecule has 3 aromatic rings. The van der Waals surface area contributed by atoms with Crippen molar-refractivity contribution in [2.45, 2.75) is 68.9 Å². The van der Waals surface area contributed by atoms with Gasteiger partial charge in [-0.05, 0) is 48.7 Å². The Morgan fingerprint density at radius 2 is 1.80 bits per heavy atom. The number of carbonyl (C=O) groups excluding carboxylic acids is 1. The number of hydrogen-bond donors (Lipinski definition) is 3. The van der Waals surface area contributed by atoms with Gasteiger partial charge in [-0.2, -0.15) is 13.2 Å². The lowest BCUT2D eigenvalue weighted by atomic mass is 9.97. The number of amides is 1. The van der Waals surface area contributed by atoms with E-state index in [4.69, 9.17) is 4.74 Å². The van der Waals surface area contributed by atoms with Gasteiger partial charge in [0.1, 0.15) is 5.75 Å². The summed E-state index contributed by atoms with van der Waals surface area (Å²) >= 11 is 0. The van der Waals surface area contributed by atoms with Crippen molar-refractivity contribution in [1.82, 2.24) is 15.4 Å². The molecule has 0 spiro atoms. The molecule has 3 N–H and O–H groups in total. The van der Waals surface area contributed by atoms with Crippen molar-refractivity contribution < 1.29 is 31.1 Å². The number of ether oxygens (including phenoxy) is 1. The van der Waals surface area contributed by atoms with Gasteiger partial charge in [0.25, 0.3) is 0 Å². The van der Waals surface area contributed by atoms with Gasteiger partial charge in [-0.15, -0.1) is 0 Å². The molecular weight excluding hydrogens is 555 g/mol. The Morgan fingerprint density at radius 1 is 1.05 bits per heavy atom. The molecule has 0 fully saturated rings. The first-order valence-corrected chi connectivity index (χ1v) is 15.0. The summed E-state index contributed by atoms with van der Waals surface area (Å²) in [5, 5.41) is 6.43. The molecule has 0 bridgehead atoms. The highest BCUT2D eigenvalue weighted by molar-refractivity contribution is 7.89. The number of alkyl halides is 3. The van der Waals surface area contributed by atoms with Gasteiger partial charge in [-0.3, -0.25) is 4.79 Å². The largest absolute Gasteiger partial charge is 0.493 e. The first-order valence-electron chi connectivity index (χ1n) is 13.5. The SMILES string of the molecule is CCC(C)NCc1ccc2c(c1)OCCC2NC(=O)C[C@@H](NS(=O)(=O)c1cccc(C(F)(F)F)c1)c1ccccc1. The zero-order chi connectivity index (χ0) is 29.6. The second kappa shape index (κ2) is 13.1. The van der Waals surface area contributed by atoms with Gasteiger partial charge in [0, 0.05) is 31.0 Å². The van der Waals surface area contributed by atoms with E-state index < -0.39 is 38.6 Å². The van der Waals surface area contributed by atoms with Crippen molar-refractivity contribution >= 4 is 15.9 Å². The number of nitrogens with one attached hydrogen (secondary N) is 3. The molecule has 0 radical (unpaired) electrons. The average Bonchev–Trinajstić information content (AvgIpc) is 2.95. The summed E-state index contributed by atoms with van der Waals surface area (Å²) in [5.41, 5.74) is 1.32. The van der Waals surface area contributed by atoms with Gasteiger partial charge in [-0.1, -0.05) is 55.5 Å².